The summed E-state index contributed by atoms with van der Waals surface area (Å²) >= 11 is 0. The Balaban J connectivity index is 2.50. The first-order valence-corrected chi connectivity index (χ1v) is 9.17. The lowest BCUT2D eigenvalue weighted by atomic mass is 10.2. The van der Waals surface area contributed by atoms with Crippen LogP contribution in [0.5, 0.6) is 0 Å². The fraction of sp³-hybridized carbons (Fsp3) is 0.571. The van der Waals surface area contributed by atoms with E-state index in [9.17, 15) is 13.2 Å². The molecular formula is C14H24N4O3S. The second-order valence-corrected chi connectivity index (χ2v) is 6.78. The summed E-state index contributed by atoms with van der Waals surface area (Å²) in [6.07, 6.45) is 3.31. The molecule has 0 aliphatic heterocycles. The Labute approximate surface area is 132 Å². The largest absolute Gasteiger partial charge is 0.383 e. The first kappa shape index (κ1) is 18.4. The molecular weight excluding hydrogens is 304 g/mol. The van der Waals surface area contributed by atoms with E-state index in [4.69, 9.17) is 0 Å². The number of aromatic nitrogens is 1. The van der Waals surface area contributed by atoms with Crippen LogP contribution >= 0.6 is 0 Å². The second kappa shape index (κ2) is 8.70. The molecule has 0 aliphatic rings. The van der Waals surface area contributed by atoms with Crippen LogP contribution in [0, 0.1) is 0 Å². The van der Waals surface area contributed by atoms with Crippen molar-refractivity contribution in [3.63, 3.8) is 0 Å². The minimum absolute atomic E-state index is 0.265. The van der Waals surface area contributed by atoms with E-state index in [-0.39, 0.29) is 5.91 Å². The van der Waals surface area contributed by atoms with Crippen LogP contribution in [0.2, 0.25) is 0 Å². The fourth-order valence-electron chi connectivity index (χ4n) is 2.02. The van der Waals surface area contributed by atoms with Crippen molar-refractivity contribution in [1.29, 1.82) is 0 Å². The van der Waals surface area contributed by atoms with E-state index >= 15 is 0 Å². The lowest BCUT2D eigenvalue weighted by molar-refractivity contribution is 0.0948. The molecule has 8 heteroatoms. The quantitative estimate of drug-likeness (QED) is 0.658. The smallest absolute Gasteiger partial charge is 0.272 e. The van der Waals surface area contributed by atoms with Gasteiger partial charge < -0.3 is 10.6 Å². The third kappa shape index (κ3) is 5.61. The van der Waals surface area contributed by atoms with Gasteiger partial charge in [0.15, 0.2) is 5.69 Å². The lowest BCUT2D eigenvalue weighted by Gasteiger charge is -2.17. The van der Waals surface area contributed by atoms with Crippen molar-refractivity contribution >= 4 is 21.6 Å². The molecule has 0 fully saturated rings. The molecule has 0 aromatic carbocycles. The number of anilines is 1. The predicted octanol–water partition coefficient (Wildman–Crippen LogP) is 0.915. The molecule has 1 aromatic heterocycles. The normalized spacial score (nSPS) is 11.5. The summed E-state index contributed by atoms with van der Waals surface area (Å²) in [6.45, 7) is 5.64. The van der Waals surface area contributed by atoms with E-state index in [0.717, 1.165) is 0 Å². The molecule has 0 bridgehead atoms. The minimum Gasteiger partial charge on any atom is -0.383 e. The van der Waals surface area contributed by atoms with Gasteiger partial charge in [0.2, 0.25) is 10.0 Å². The van der Waals surface area contributed by atoms with E-state index in [1.54, 1.807) is 25.3 Å². The van der Waals surface area contributed by atoms with E-state index in [1.165, 1.54) is 10.6 Å². The summed E-state index contributed by atoms with van der Waals surface area (Å²) in [4.78, 5) is 16.2. The summed E-state index contributed by atoms with van der Waals surface area (Å²) in [7, 11) is -3.18. The van der Waals surface area contributed by atoms with Crippen LogP contribution in [-0.2, 0) is 10.0 Å². The SMILES string of the molecule is CCNc1cccnc1C(=O)NCCCN(CC)S(C)(=O)=O. The van der Waals surface area contributed by atoms with Crippen molar-refractivity contribution in [2.45, 2.75) is 20.3 Å². The van der Waals surface area contributed by atoms with Crippen molar-refractivity contribution in [2.24, 2.45) is 0 Å². The zero-order valence-corrected chi connectivity index (χ0v) is 14.1. The zero-order valence-electron chi connectivity index (χ0n) is 13.3. The highest BCUT2D eigenvalue weighted by molar-refractivity contribution is 7.88. The number of hydrogen-bond donors (Lipinski definition) is 2. The van der Waals surface area contributed by atoms with Crippen molar-refractivity contribution < 1.29 is 13.2 Å². The molecule has 0 saturated carbocycles. The Morgan fingerprint density at radius 2 is 2.09 bits per heavy atom. The van der Waals surface area contributed by atoms with Crippen molar-refractivity contribution in [3.05, 3.63) is 24.0 Å². The summed E-state index contributed by atoms with van der Waals surface area (Å²) in [5.41, 5.74) is 1.04. The van der Waals surface area contributed by atoms with Crippen LogP contribution in [0.15, 0.2) is 18.3 Å². The third-order valence-electron chi connectivity index (χ3n) is 3.08. The molecule has 0 spiro atoms. The molecule has 0 unspecified atom stereocenters. The van der Waals surface area contributed by atoms with Gasteiger partial charge in [-0.1, -0.05) is 6.92 Å². The van der Waals surface area contributed by atoms with Crippen molar-refractivity contribution in [1.82, 2.24) is 14.6 Å². The number of hydrogen-bond acceptors (Lipinski definition) is 5. The number of carbonyl (C=O) groups excluding carboxylic acids is 1. The molecule has 0 radical (unpaired) electrons. The predicted molar refractivity (Wildman–Crippen MR) is 87.4 cm³/mol. The molecule has 1 rings (SSSR count). The number of sulfonamides is 1. The number of pyridine rings is 1. The number of rotatable bonds is 9. The fourth-order valence-corrected chi connectivity index (χ4v) is 2.95. The maximum atomic E-state index is 12.1. The molecule has 2 N–H and O–H groups in total. The monoisotopic (exact) mass is 328 g/mol. The standard InChI is InChI=1S/C14H24N4O3S/c1-4-15-12-8-6-9-16-13(12)14(19)17-10-7-11-18(5-2)22(3,20)21/h6,8-9,15H,4-5,7,10-11H2,1-3H3,(H,17,19). The molecule has 7 nitrogen and oxygen atoms in total. The van der Waals surface area contributed by atoms with Crippen LogP contribution in [0.3, 0.4) is 0 Å². The molecule has 0 aliphatic carbocycles. The first-order valence-electron chi connectivity index (χ1n) is 7.32. The number of carbonyl (C=O) groups is 1. The third-order valence-corrected chi connectivity index (χ3v) is 4.46. The molecule has 0 atom stereocenters. The Kier molecular flexibility index (Phi) is 7.26. The van der Waals surface area contributed by atoms with E-state index in [1.807, 2.05) is 6.92 Å². The molecule has 0 saturated heterocycles. The van der Waals surface area contributed by atoms with Crippen LogP contribution < -0.4 is 10.6 Å². The topological polar surface area (TPSA) is 91.4 Å². The van der Waals surface area contributed by atoms with Gasteiger partial charge in [-0.25, -0.2) is 17.7 Å². The van der Waals surface area contributed by atoms with Crippen LogP contribution in [0.25, 0.3) is 0 Å². The highest BCUT2D eigenvalue weighted by atomic mass is 32.2. The van der Waals surface area contributed by atoms with Gasteiger partial charge in [-0.15, -0.1) is 0 Å². The van der Waals surface area contributed by atoms with E-state index in [0.29, 0.717) is 44.0 Å². The summed E-state index contributed by atoms with van der Waals surface area (Å²) in [5.74, 6) is -0.265. The maximum Gasteiger partial charge on any atom is 0.272 e. The average molecular weight is 328 g/mol. The summed E-state index contributed by atoms with van der Waals surface area (Å²) in [6, 6.07) is 3.56. The summed E-state index contributed by atoms with van der Waals surface area (Å²) < 4.78 is 24.3. The maximum absolute atomic E-state index is 12.1. The van der Waals surface area contributed by atoms with Gasteiger partial charge in [0.05, 0.1) is 11.9 Å². The minimum atomic E-state index is -3.18. The number of amides is 1. The molecule has 1 amide bonds. The number of nitrogens with zero attached hydrogens (tertiary/aromatic N) is 2. The average Bonchev–Trinajstić information content (AvgIpc) is 2.46. The van der Waals surface area contributed by atoms with Crippen LogP contribution in [-0.4, -0.2) is 56.0 Å². The Bertz CT molecular complexity index is 590. The van der Waals surface area contributed by atoms with Crippen molar-refractivity contribution in [2.75, 3.05) is 37.8 Å². The van der Waals surface area contributed by atoms with Gasteiger partial charge in [0.25, 0.3) is 5.91 Å². The van der Waals surface area contributed by atoms with Gasteiger partial charge >= 0.3 is 0 Å². The Hall–Kier alpha value is -1.67. The molecule has 124 valence electrons. The Morgan fingerprint density at radius 3 is 2.68 bits per heavy atom. The molecule has 1 aromatic rings. The molecule has 22 heavy (non-hydrogen) atoms. The van der Waals surface area contributed by atoms with Gasteiger partial charge in [-0.05, 0) is 25.5 Å². The zero-order chi connectivity index (χ0) is 16.6. The number of nitrogens with one attached hydrogen (secondary N) is 2. The summed E-state index contributed by atoms with van der Waals surface area (Å²) in [5, 5.41) is 5.85. The van der Waals surface area contributed by atoms with Gasteiger partial charge in [0.1, 0.15) is 0 Å². The van der Waals surface area contributed by atoms with Crippen molar-refractivity contribution in [3.8, 4) is 0 Å². The van der Waals surface area contributed by atoms with Crippen LogP contribution in [0.1, 0.15) is 30.8 Å². The molecule has 1 heterocycles. The van der Waals surface area contributed by atoms with Gasteiger partial charge in [-0.3, -0.25) is 4.79 Å². The highest BCUT2D eigenvalue weighted by Crippen LogP contribution is 2.11. The lowest BCUT2D eigenvalue weighted by Crippen LogP contribution is -2.33. The second-order valence-electron chi connectivity index (χ2n) is 4.79. The highest BCUT2D eigenvalue weighted by Gasteiger charge is 2.15. The van der Waals surface area contributed by atoms with Crippen LogP contribution in [0.4, 0.5) is 5.69 Å². The van der Waals surface area contributed by atoms with Gasteiger partial charge in [-0.2, -0.15) is 0 Å². The van der Waals surface area contributed by atoms with E-state index in [2.05, 4.69) is 15.6 Å². The van der Waals surface area contributed by atoms with E-state index < -0.39 is 10.0 Å². The van der Waals surface area contributed by atoms with Gasteiger partial charge in [0, 0.05) is 32.4 Å². The Morgan fingerprint density at radius 1 is 1.36 bits per heavy atom. The first-order chi connectivity index (χ1) is 10.4.